The molecule has 0 aliphatic rings. The number of nitrogens with zero attached hydrogens (tertiary/aromatic N) is 1. The van der Waals surface area contributed by atoms with Crippen molar-refractivity contribution >= 4 is 27.7 Å². The number of hydrogen-bond donors (Lipinski definition) is 1. The van der Waals surface area contributed by atoms with E-state index in [1.165, 1.54) is 19.2 Å². The summed E-state index contributed by atoms with van der Waals surface area (Å²) in [5.74, 6) is 0.501. The first kappa shape index (κ1) is 19.0. The molecule has 1 amide bonds. The van der Waals surface area contributed by atoms with E-state index in [-0.39, 0.29) is 22.1 Å². The van der Waals surface area contributed by atoms with Crippen LogP contribution >= 0.6 is 11.8 Å². The summed E-state index contributed by atoms with van der Waals surface area (Å²) in [7, 11) is -2.21. The van der Waals surface area contributed by atoms with Gasteiger partial charge < -0.3 is 5.32 Å². The third-order valence-corrected chi connectivity index (χ3v) is 5.87. The largest absolute Gasteiger partial charge is 0.354 e. The van der Waals surface area contributed by atoms with Crippen LogP contribution < -0.4 is 5.32 Å². The van der Waals surface area contributed by atoms with Crippen molar-refractivity contribution in [2.75, 3.05) is 25.9 Å². The van der Waals surface area contributed by atoms with E-state index in [9.17, 15) is 13.2 Å². The zero-order valence-electron chi connectivity index (χ0n) is 13.5. The monoisotopic (exact) mass is 344 g/mol. The van der Waals surface area contributed by atoms with Crippen LogP contribution in [0.2, 0.25) is 0 Å². The van der Waals surface area contributed by atoms with Crippen LogP contribution in [0.25, 0.3) is 0 Å². The molecule has 0 aliphatic heterocycles. The molecule has 1 aromatic carbocycles. The van der Waals surface area contributed by atoms with Gasteiger partial charge in [0.15, 0.2) is 0 Å². The summed E-state index contributed by atoms with van der Waals surface area (Å²) in [5, 5.41) is 2.74. The molecule has 0 aliphatic carbocycles. The summed E-state index contributed by atoms with van der Waals surface area (Å²) >= 11 is 1.75. The fraction of sp³-hybridized carbons (Fsp3) is 0.533. The second kappa shape index (κ2) is 7.99. The quantitative estimate of drug-likeness (QED) is 0.768. The Morgan fingerprint density at radius 1 is 1.23 bits per heavy atom. The van der Waals surface area contributed by atoms with Crippen LogP contribution in [-0.4, -0.2) is 49.3 Å². The smallest absolute Gasteiger partial charge is 0.243 e. The lowest BCUT2D eigenvalue weighted by atomic mass is 10.3. The predicted octanol–water partition coefficient (Wildman–Crippen LogP) is 1.95. The van der Waals surface area contributed by atoms with E-state index >= 15 is 0 Å². The zero-order valence-corrected chi connectivity index (χ0v) is 15.1. The van der Waals surface area contributed by atoms with Gasteiger partial charge in [0.05, 0.1) is 11.4 Å². The highest BCUT2D eigenvalue weighted by molar-refractivity contribution is 8.00. The zero-order chi connectivity index (χ0) is 16.8. The number of rotatable bonds is 7. The number of amides is 1. The lowest BCUT2D eigenvalue weighted by Crippen LogP contribution is -2.39. The van der Waals surface area contributed by atoms with Gasteiger partial charge in [-0.2, -0.15) is 16.1 Å². The van der Waals surface area contributed by atoms with Gasteiger partial charge in [-0.1, -0.05) is 39.0 Å². The molecule has 1 aromatic rings. The van der Waals surface area contributed by atoms with E-state index in [0.29, 0.717) is 6.54 Å². The van der Waals surface area contributed by atoms with Gasteiger partial charge in [-0.15, -0.1) is 0 Å². The van der Waals surface area contributed by atoms with Gasteiger partial charge in [-0.05, 0) is 12.1 Å². The Bertz CT molecular complexity index is 581. The molecule has 124 valence electrons. The maximum Gasteiger partial charge on any atom is 0.243 e. The first-order valence-corrected chi connectivity index (χ1v) is 9.47. The summed E-state index contributed by atoms with van der Waals surface area (Å²) in [6.45, 7) is 6.68. The van der Waals surface area contributed by atoms with Gasteiger partial charge in [0.1, 0.15) is 0 Å². The lowest BCUT2D eigenvalue weighted by Gasteiger charge is -2.19. The molecule has 0 bridgehead atoms. The molecule has 0 aromatic heterocycles. The summed E-state index contributed by atoms with van der Waals surface area (Å²) in [6.07, 6.45) is 0. The maximum absolute atomic E-state index is 12.3. The van der Waals surface area contributed by atoms with Crippen molar-refractivity contribution in [1.82, 2.24) is 9.62 Å². The molecule has 0 unspecified atom stereocenters. The number of likely N-dealkylation sites (N-methyl/N-ethyl adjacent to an activating group) is 1. The van der Waals surface area contributed by atoms with Crippen LogP contribution in [0, 0.1) is 0 Å². The Balaban J connectivity index is 2.47. The van der Waals surface area contributed by atoms with Crippen LogP contribution in [0.3, 0.4) is 0 Å². The number of hydrogen-bond acceptors (Lipinski definition) is 4. The third-order valence-electron chi connectivity index (χ3n) is 2.78. The van der Waals surface area contributed by atoms with Crippen molar-refractivity contribution in [3.05, 3.63) is 30.3 Å². The van der Waals surface area contributed by atoms with Gasteiger partial charge >= 0.3 is 0 Å². The van der Waals surface area contributed by atoms with Gasteiger partial charge in [-0.3, -0.25) is 4.79 Å². The normalized spacial score (nSPS) is 12.4. The van der Waals surface area contributed by atoms with Gasteiger partial charge in [-0.25, -0.2) is 8.42 Å². The Labute approximate surface area is 137 Å². The Kier molecular flexibility index (Phi) is 6.90. The number of nitrogens with one attached hydrogen (secondary N) is 1. The molecule has 0 spiro atoms. The molecular weight excluding hydrogens is 320 g/mol. The van der Waals surface area contributed by atoms with Crippen LogP contribution in [0.4, 0.5) is 0 Å². The summed E-state index contributed by atoms with van der Waals surface area (Å²) in [5.41, 5.74) is 0. The van der Waals surface area contributed by atoms with Crippen LogP contribution in [-0.2, 0) is 14.8 Å². The first-order chi connectivity index (χ1) is 10.1. The number of carbonyl (C=O) groups is 1. The van der Waals surface area contributed by atoms with Gasteiger partial charge in [0.2, 0.25) is 15.9 Å². The average Bonchev–Trinajstić information content (AvgIpc) is 2.43. The van der Waals surface area contributed by atoms with Crippen molar-refractivity contribution in [2.24, 2.45) is 0 Å². The molecule has 0 heterocycles. The van der Waals surface area contributed by atoms with E-state index in [2.05, 4.69) is 26.1 Å². The topological polar surface area (TPSA) is 66.5 Å². The number of thioether (sulfide) groups is 1. The second-order valence-electron chi connectivity index (χ2n) is 5.88. The molecule has 0 atom stereocenters. The minimum absolute atomic E-state index is 0.151. The van der Waals surface area contributed by atoms with Gasteiger partial charge in [0, 0.05) is 24.1 Å². The number of benzene rings is 1. The van der Waals surface area contributed by atoms with Gasteiger partial charge in [0.25, 0.3) is 0 Å². The molecule has 0 radical (unpaired) electrons. The van der Waals surface area contributed by atoms with E-state index in [1.807, 2.05) is 0 Å². The average molecular weight is 345 g/mol. The lowest BCUT2D eigenvalue weighted by molar-refractivity contribution is -0.121. The third kappa shape index (κ3) is 6.37. The molecular formula is C15H24N2O3S2. The van der Waals surface area contributed by atoms with Crippen molar-refractivity contribution in [1.29, 1.82) is 0 Å². The van der Waals surface area contributed by atoms with Crippen LogP contribution in [0.15, 0.2) is 35.2 Å². The van der Waals surface area contributed by atoms with E-state index in [0.717, 1.165) is 10.1 Å². The number of sulfonamides is 1. The first-order valence-electron chi connectivity index (χ1n) is 7.05. The molecule has 0 fully saturated rings. The van der Waals surface area contributed by atoms with Crippen molar-refractivity contribution in [3.8, 4) is 0 Å². The Hall–Kier alpha value is -1.05. The second-order valence-corrected chi connectivity index (χ2v) is 9.85. The Morgan fingerprint density at radius 2 is 1.82 bits per heavy atom. The molecule has 0 saturated heterocycles. The summed E-state index contributed by atoms with van der Waals surface area (Å²) in [4.78, 5) is 12.0. The summed E-state index contributed by atoms with van der Waals surface area (Å²) < 4.78 is 25.8. The molecule has 5 nitrogen and oxygen atoms in total. The Morgan fingerprint density at radius 3 is 2.36 bits per heavy atom. The highest BCUT2D eigenvalue weighted by Gasteiger charge is 2.22. The fourth-order valence-corrected chi connectivity index (χ4v) is 3.63. The highest BCUT2D eigenvalue weighted by atomic mass is 32.2. The molecule has 7 heteroatoms. The molecule has 0 saturated carbocycles. The van der Waals surface area contributed by atoms with E-state index < -0.39 is 10.0 Å². The van der Waals surface area contributed by atoms with Crippen LogP contribution in [0.1, 0.15) is 20.8 Å². The van der Waals surface area contributed by atoms with Crippen molar-refractivity contribution in [2.45, 2.75) is 30.4 Å². The predicted molar refractivity (Wildman–Crippen MR) is 91.5 cm³/mol. The standard InChI is InChI=1S/C15H24N2O3S2/c1-15(2,3)21-11-10-16-14(18)12-17(4)22(19,20)13-8-6-5-7-9-13/h5-9H,10-12H2,1-4H3,(H,16,18). The molecule has 22 heavy (non-hydrogen) atoms. The SMILES string of the molecule is CN(CC(=O)NCCSC(C)(C)C)S(=O)(=O)c1ccccc1. The van der Waals surface area contributed by atoms with Crippen molar-refractivity contribution in [3.63, 3.8) is 0 Å². The van der Waals surface area contributed by atoms with Crippen LogP contribution in [0.5, 0.6) is 0 Å². The number of carbonyl (C=O) groups excluding carboxylic acids is 1. The maximum atomic E-state index is 12.3. The minimum atomic E-state index is -3.62. The molecule has 1 rings (SSSR count). The fourth-order valence-electron chi connectivity index (χ4n) is 1.66. The summed E-state index contributed by atoms with van der Waals surface area (Å²) in [6, 6.07) is 8.10. The minimum Gasteiger partial charge on any atom is -0.354 e. The van der Waals surface area contributed by atoms with Crippen molar-refractivity contribution < 1.29 is 13.2 Å². The van der Waals surface area contributed by atoms with E-state index in [1.54, 1.807) is 30.0 Å². The highest BCUT2D eigenvalue weighted by Crippen LogP contribution is 2.22. The van der Waals surface area contributed by atoms with E-state index in [4.69, 9.17) is 0 Å². The molecule has 1 N–H and O–H groups in total.